The van der Waals surface area contributed by atoms with Crippen LogP contribution in [0.2, 0.25) is 10.0 Å². The van der Waals surface area contributed by atoms with Crippen LogP contribution in [-0.2, 0) is 14.3 Å². The summed E-state index contributed by atoms with van der Waals surface area (Å²) < 4.78 is 38.1. The molecule has 2 aliphatic heterocycles. The number of carbonyl (C=O) groups is 2. The summed E-state index contributed by atoms with van der Waals surface area (Å²) in [4.78, 5) is 36.9. The maximum Gasteiger partial charge on any atom is 0.409 e. The Morgan fingerprint density at radius 3 is 2.46 bits per heavy atom. The summed E-state index contributed by atoms with van der Waals surface area (Å²) in [5, 5.41) is 3.62. The van der Waals surface area contributed by atoms with Gasteiger partial charge in [-0.1, -0.05) is 29.3 Å². The Kier molecular flexibility index (Phi) is 8.25. The molecule has 196 valence electrons. The number of nitrogens with one attached hydrogen (secondary N) is 1. The van der Waals surface area contributed by atoms with Crippen molar-refractivity contribution < 1.29 is 27.8 Å². The first-order chi connectivity index (χ1) is 17.7. The summed E-state index contributed by atoms with van der Waals surface area (Å²) in [5.41, 5.74) is 0.743. The number of aromatic nitrogens is 1. The SMILES string of the molecule is COC(=O)C1=C(CN2CCN(C(=O)OC)CC2)NC(c2ncc(F)cc2F)=NC1c1ccc(Cl)cc1Cl. The smallest absolute Gasteiger partial charge is 0.409 e. The number of rotatable bonds is 5. The van der Waals surface area contributed by atoms with Crippen LogP contribution in [0.5, 0.6) is 0 Å². The number of nitrogens with zero attached hydrogens (tertiary/aromatic N) is 4. The lowest BCUT2D eigenvalue weighted by Crippen LogP contribution is -2.50. The molecular formula is C24H23Cl2F2N5O4. The molecule has 2 aliphatic rings. The molecule has 0 bridgehead atoms. The van der Waals surface area contributed by atoms with E-state index in [9.17, 15) is 18.4 Å². The molecule has 0 radical (unpaired) electrons. The third-order valence-electron chi connectivity index (χ3n) is 6.01. The Hall–Kier alpha value is -3.28. The van der Waals surface area contributed by atoms with E-state index in [0.29, 0.717) is 48.5 Å². The standard InChI is InChI=1S/C24H23Cl2F2N5O4/c1-36-23(34)19-18(12-32-5-7-33(8-6-32)24(35)37-2)30-22(21-17(28)10-14(27)11-29-21)31-20(19)15-4-3-13(25)9-16(15)26/h3-4,9-11,20H,5-8,12H2,1-2H3,(H,30,31). The lowest BCUT2D eigenvalue weighted by atomic mass is 9.95. The van der Waals surface area contributed by atoms with Gasteiger partial charge in [0.25, 0.3) is 0 Å². The van der Waals surface area contributed by atoms with E-state index in [2.05, 4.69) is 15.3 Å². The minimum atomic E-state index is -0.994. The number of amidine groups is 1. The van der Waals surface area contributed by atoms with Crippen molar-refractivity contribution >= 4 is 41.1 Å². The average Bonchev–Trinajstić information content (AvgIpc) is 2.88. The first kappa shape index (κ1) is 26.8. The van der Waals surface area contributed by atoms with Crippen LogP contribution in [0.3, 0.4) is 0 Å². The zero-order valence-corrected chi connectivity index (χ0v) is 21.4. The van der Waals surface area contributed by atoms with E-state index in [1.165, 1.54) is 20.3 Å². The van der Waals surface area contributed by atoms with Gasteiger partial charge in [-0.2, -0.15) is 0 Å². The lowest BCUT2D eigenvalue weighted by Gasteiger charge is -2.36. The highest BCUT2D eigenvalue weighted by atomic mass is 35.5. The van der Waals surface area contributed by atoms with Crippen molar-refractivity contribution in [2.75, 3.05) is 46.9 Å². The molecule has 1 amide bonds. The summed E-state index contributed by atoms with van der Waals surface area (Å²) in [5.74, 6) is -2.45. The Morgan fingerprint density at radius 2 is 1.84 bits per heavy atom. The van der Waals surface area contributed by atoms with Crippen LogP contribution < -0.4 is 5.32 Å². The fourth-order valence-corrected chi connectivity index (χ4v) is 4.68. The molecule has 1 N–H and O–H groups in total. The maximum atomic E-state index is 14.7. The fourth-order valence-electron chi connectivity index (χ4n) is 4.17. The molecule has 9 nitrogen and oxygen atoms in total. The minimum absolute atomic E-state index is 0.00985. The van der Waals surface area contributed by atoms with Gasteiger partial charge >= 0.3 is 12.1 Å². The van der Waals surface area contributed by atoms with Gasteiger partial charge in [0.2, 0.25) is 0 Å². The number of hydrogen-bond donors (Lipinski definition) is 1. The van der Waals surface area contributed by atoms with Crippen LogP contribution >= 0.6 is 23.2 Å². The zero-order valence-electron chi connectivity index (χ0n) is 19.9. The Bertz CT molecular complexity index is 1280. The number of esters is 1. The fraction of sp³-hybridized carbons (Fsp3) is 0.333. The molecule has 3 heterocycles. The van der Waals surface area contributed by atoms with Crippen molar-refractivity contribution in [3.63, 3.8) is 0 Å². The summed E-state index contributed by atoms with van der Waals surface area (Å²) in [6.45, 7) is 2.00. The highest BCUT2D eigenvalue weighted by molar-refractivity contribution is 6.35. The number of ether oxygens (including phenoxy) is 2. The van der Waals surface area contributed by atoms with E-state index in [1.54, 1.807) is 17.0 Å². The normalized spacial score (nSPS) is 18.3. The number of aliphatic imine (C=N–C) groups is 1. The molecule has 0 saturated carbocycles. The zero-order chi connectivity index (χ0) is 26.7. The monoisotopic (exact) mass is 553 g/mol. The minimum Gasteiger partial charge on any atom is -0.466 e. The maximum absolute atomic E-state index is 14.7. The van der Waals surface area contributed by atoms with Crippen LogP contribution in [0.4, 0.5) is 13.6 Å². The molecule has 1 saturated heterocycles. The molecule has 1 atom stereocenters. The Labute approximate surface area is 221 Å². The topological polar surface area (TPSA) is 96.4 Å². The van der Waals surface area contributed by atoms with Crippen molar-refractivity contribution in [1.82, 2.24) is 20.1 Å². The van der Waals surface area contributed by atoms with Crippen LogP contribution in [0.15, 0.2) is 46.7 Å². The number of amides is 1. The number of methoxy groups -OCH3 is 2. The lowest BCUT2D eigenvalue weighted by molar-refractivity contribution is -0.136. The summed E-state index contributed by atoms with van der Waals surface area (Å²) in [7, 11) is 2.56. The quantitative estimate of drug-likeness (QED) is 0.565. The van der Waals surface area contributed by atoms with Crippen LogP contribution in [-0.4, -0.2) is 79.6 Å². The van der Waals surface area contributed by atoms with Crippen molar-refractivity contribution in [3.8, 4) is 0 Å². The number of halogens is 4. The van der Waals surface area contributed by atoms with Gasteiger partial charge in [-0.05, 0) is 12.1 Å². The van der Waals surface area contributed by atoms with Crippen molar-refractivity contribution in [2.45, 2.75) is 6.04 Å². The molecular weight excluding hydrogens is 531 g/mol. The molecule has 13 heteroatoms. The number of hydrogen-bond acceptors (Lipinski definition) is 8. The number of benzene rings is 1. The highest BCUT2D eigenvalue weighted by Gasteiger charge is 2.35. The van der Waals surface area contributed by atoms with Gasteiger partial charge in [0.05, 0.1) is 26.0 Å². The van der Waals surface area contributed by atoms with Crippen molar-refractivity contribution in [3.05, 3.63) is 74.7 Å². The van der Waals surface area contributed by atoms with E-state index in [4.69, 9.17) is 32.7 Å². The van der Waals surface area contributed by atoms with Gasteiger partial charge in [0, 0.05) is 60.1 Å². The Morgan fingerprint density at radius 1 is 1.11 bits per heavy atom. The van der Waals surface area contributed by atoms with Crippen LogP contribution in [0.1, 0.15) is 17.3 Å². The van der Waals surface area contributed by atoms with Crippen LogP contribution in [0, 0.1) is 11.6 Å². The molecule has 0 spiro atoms. The molecule has 1 aromatic heterocycles. The first-order valence-electron chi connectivity index (χ1n) is 11.2. The van der Waals surface area contributed by atoms with Gasteiger partial charge in [-0.3, -0.25) is 9.89 Å². The summed E-state index contributed by atoms with van der Waals surface area (Å²) >= 11 is 12.5. The van der Waals surface area contributed by atoms with Crippen molar-refractivity contribution in [2.24, 2.45) is 4.99 Å². The van der Waals surface area contributed by atoms with Crippen LogP contribution in [0.25, 0.3) is 0 Å². The molecule has 2 aromatic rings. The average molecular weight is 554 g/mol. The summed E-state index contributed by atoms with van der Waals surface area (Å²) in [6, 6.07) is 4.42. The second-order valence-corrected chi connectivity index (χ2v) is 9.12. The number of pyridine rings is 1. The molecule has 1 fully saturated rings. The molecule has 4 rings (SSSR count). The third-order valence-corrected chi connectivity index (χ3v) is 6.57. The highest BCUT2D eigenvalue weighted by Crippen LogP contribution is 2.37. The third kappa shape index (κ3) is 5.84. The van der Waals surface area contributed by atoms with Gasteiger partial charge in [-0.25, -0.2) is 23.4 Å². The van der Waals surface area contributed by atoms with E-state index in [-0.39, 0.29) is 28.7 Å². The molecule has 0 aliphatic carbocycles. The largest absolute Gasteiger partial charge is 0.466 e. The molecule has 1 aromatic carbocycles. The second-order valence-electron chi connectivity index (χ2n) is 8.27. The van der Waals surface area contributed by atoms with E-state index in [0.717, 1.165) is 6.20 Å². The van der Waals surface area contributed by atoms with Gasteiger partial charge in [-0.15, -0.1) is 0 Å². The second kappa shape index (κ2) is 11.4. The number of carbonyl (C=O) groups excluding carboxylic acids is 2. The van der Waals surface area contributed by atoms with E-state index in [1.807, 2.05) is 4.90 Å². The Balaban J connectivity index is 1.76. The first-order valence-corrected chi connectivity index (χ1v) is 11.9. The van der Waals surface area contributed by atoms with Gasteiger partial charge in [0.15, 0.2) is 11.7 Å². The van der Waals surface area contributed by atoms with Gasteiger partial charge < -0.3 is 19.7 Å². The molecule has 1 unspecified atom stereocenters. The molecule has 37 heavy (non-hydrogen) atoms. The summed E-state index contributed by atoms with van der Waals surface area (Å²) in [6.07, 6.45) is 0.452. The van der Waals surface area contributed by atoms with E-state index < -0.39 is 29.7 Å². The van der Waals surface area contributed by atoms with Gasteiger partial charge in [0.1, 0.15) is 17.6 Å². The predicted octanol–water partition coefficient (Wildman–Crippen LogP) is 3.57. The van der Waals surface area contributed by atoms with E-state index >= 15 is 0 Å². The van der Waals surface area contributed by atoms with Crippen molar-refractivity contribution in [1.29, 1.82) is 0 Å². The predicted molar refractivity (Wildman–Crippen MR) is 132 cm³/mol. The number of piperazine rings is 1.